The Bertz CT molecular complexity index is 952. The largest absolute Gasteiger partial charge is 0.497 e. The van der Waals surface area contributed by atoms with Crippen LogP contribution >= 0.6 is 27.7 Å². The molecular formula is C18H15BrN4O2S. The smallest absolute Gasteiger partial charge is 0.247 e. The lowest BCUT2D eigenvalue weighted by atomic mass is 10.1. The third-order valence-corrected chi connectivity index (χ3v) is 5.02. The van der Waals surface area contributed by atoms with Crippen LogP contribution in [-0.2, 0) is 0 Å². The first-order valence-electron chi connectivity index (χ1n) is 7.83. The molecule has 1 aromatic heterocycles. The number of anilines is 1. The highest BCUT2D eigenvalue weighted by atomic mass is 79.9. The van der Waals surface area contributed by atoms with Crippen LogP contribution in [0.1, 0.15) is 11.8 Å². The summed E-state index contributed by atoms with van der Waals surface area (Å²) < 4.78 is 12.4. The molecule has 6 nitrogen and oxygen atoms in total. The van der Waals surface area contributed by atoms with E-state index in [1.165, 1.54) is 11.8 Å². The van der Waals surface area contributed by atoms with Crippen molar-refractivity contribution >= 4 is 33.4 Å². The Kier molecular flexibility index (Phi) is 4.69. The first-order chi connectivity index (χ1) is 12.7. The van der Waals surface area contributed by atoms with Crippen molar-refractivity contribution in [2.45, 2.75) is 11.4 Å². The van der Waals surface area contributed by atoms with Gasteiger partial charge in [0.25, 0.3) is 0 Å². The van der Waals surface area contributed by atoms with Crippen molar-refractivity contribution in [1.82, 2.24) is 15.2 Å². The molecule has 1 atom stereocenters. The highest BCUT2D eigenvalue weighted by Crippen LogP contribution is 2.40. The molecule has 0 saturated carbocycles. The molecule has 2 heterocycles. The van der Waals surface area contributed by atoms with Crippen molar-refractivity contribution in [3.8, 4) is 22.9 Å². The van der Waals surface area contributed by atoms with Gasteiger partial charge in [0.2, 0.25) is 11.0 Å². The number of methoxy groups -OCH3 is 1. The van der Waals surface area contributed by atoms with Gasteiger partial charge < -0.3 is 14.8 Å². The normalized spacial score (nSPS) is 15.1. The zero-order valence-electron chi connectivity index (χ0n) is 14.1. The third-order valence-electron chi connectivity index (χ3n) is 3.99. The maximum Gasteiger partial charge on any atom is 0.247 e. The van der Waals surface area contributed by atoms with Crippen molar-refractivity contribution in [2.24, 2.45) is 0 Å². The van der Waals surface area contributed by atoms with Crippen LogP contribution in [0.15, 0.2) is 52.1 Å². The van der Waals surface area contributed by atoms with Crippen LogP contribution in [0.4, 0.5) is 5.69 Å². The van der Waals surface area contributed by atoms with E-state index in [2.05, 4.69) is 36.4 Å². The summed E-state index contributed by atoms with van der Waals surface area (Å²) in [7, 11) is 1.65. The summed E-state index contributed by atoms with van der Waals surface area (Å²) in [4.78, 5) is 4.52. The molecule has 1 aliphatic heterocycles. The second kappa shape index (κ2) is 7.13. The summed E-state index contributed by atoms with van der Waals surface area (Å²) in [6.07, 6.45) is 1.50. The van der Waals surface area contributed by atoms with E-state index in [-0.39, 0.29) is 0 Å². The molecular weight excluding hydrogens is 416 g/mol. The van der Waals surface area contributed by atoms with Crippen LogP contribution in [-0.4, -0.2) is 28.5 Å². The minimum Gasteiger partial charge on any atom is -0.497 e. The number of benzene rings is 2. The molecule has 0 radical (unpaired) electrons. The van der Waals surface area contributed by atoms with Crippen molar-refractivity contribution in [3.63, 3.8) is 0 Å². The fraction of sp³-hybridized carbons (Fsp3) is 0.167. The highest BCUT2D eigenvalue weighted by Gasteiger charge is 2.26. The second-order valence-corrected chi connectivity index (χ2v) is 7.25. The Balaban J connectivity index is 1.83. The van der Waals surface area contributed by atoms with E-state index in [1.807, 2.05) is 48.7 Å². The zero-order valence-corrected chi connectivity index (χ0v) is 16.5. The van der Waals surface area contributed by atoms with Gasteiger partial charge >= 0.3 is 0 Å². The van der Waals surface area contributed by atoms with Gasteiger partial charge in [-0.1, -0.05) is 27.7 Å². The van der Waals surface area contributed by atoms with Gasteiger partial charge in [-0.15, -0.1) is 10.2 Å². The fourth-order valence-electron chi connectivity index (χ4n) is 2.69. The molecule has 1 aliphatic rings. The first-order valence-corrected chi connectivity index (χ1v) is 9.85. The zero-order chi connectivity index (χ0) is 18.1. The maximum atomic E-state index is 6.19. The maximum absolute atomic E-state index is 6.19. The SMILES string of the molecule is COc1ccc([C@H]2Nc3ccc(Br)cc3-c3nnc(SC)nc3O2)cc1. The summed E-state index contributed by atoms with van der Waals surface area (Å²) in [5, 5.41) is 12.5. The minimum atomic E-state index is -0.409. The third kappa shape index (κ3) is 3.22. The molecule has 0 amide bonds. The van der Waals surface area contributed by atoms with Crippen LogP contribution < -0.4 is 14.8 Å². The molecule has 0 aliphatic carbocycles. The molecule has 26 heavy (non-hydrogen) atoms. The average Bonchev–Trinajstić information content (AvgIpc) is 2.84. The predicted octanol–water partition coefficient (Wildman–Crippen LogP) is 4.53. The lowest BCUT2D eigenvalue weighted by molar-refractivity contribution is 0.225. The standard InChI is InChI=1S/C18H15BrN4O2S/c1-24-12-6-3-10(4-7-12)16-20-14-8-5-11(19)9-13(14)15-17(25-16)21-18(26-2)23-22-15/h3-9,16,20H,1-2H3/t16-/m0/s1. The summed E-state index contributed by atoms with van der Waals surface area (Å²) >= 11 is 4.94. The van der Waals surface area contributed by atoms with Crippen LogP contribution in [0.2, 0.25) is 0 Å². The van der Waals surface area contributed by atoms with E-state index in [4.69, 9.17) is 9.47 Å². The van der Waals surface area contributed by atoms with E-state index < -0.39 is 6.23 Å². The van der Waals surface area contributed by atoms with E-state index in [0.717, 1.165) is 27.0 Å². The fourth-order valence-corrected chi connectivity index (χ4v) is 3.34. The molecule has 2 aromatic carbocycles. The van der Waals surface area contributed by atoms with Gasteiger partial charge in [-0.3, -0.25) is 0 Å². The van der Waals surface area contributed by atoms with Crippen LogP contribution in [0.3, 0.4) is 0 Å². The van der Waals surface area contributed by atoms with Gasteiger partial charge in [0.1, 0.15) is 5.75 Å². The van der Waals surface area contributed by atoms with Crippen molar-refractivity contribution < 1.29 is 9.47 Å². The van der Waals surface area contributed by atoms with Crippen LogP contribution in [0.25, 0.3) is 11.3 Å². The molecule has 0 bridgehead atoms. The lowest BCUT2D eigenvalue weighted by Gasteiger charge is -2.19. The van der Waals surface area contributed by atoms with Gasteiger partial charge in [-0.25, -0.2) is 0 Å². The minimum absolute atomic E-state index is 0.409. The monoisotopic (exact) mass is 430 g/mol. The topological polar surface area (TPSA) is 69.2 Å². The number of halogens is 1. The van der Waals surface area contributed by atoms with E-state index in [9.17, 15) is 0 Å². The molecule has 0 spiro atoms. The van der Waals surface area contributed by atoms with Crippen molar-refractivity contribution in [3.05, 3.63) is 52.5 Å². The number of aromatic nitrogens is 3. The van der Waals surface area contributed by atoms with E-state index in [0.29, 0.717) is 16.7 Å². The highest BCUT2D eigenvalue weighted by molar-refractivity contribution is 9.10. The Morgan fingerprint density at radius 1 is 1.15 bits per heavy atom. The summed E-state index contributed by atoms with van der Waals surface area (Å²) in [5.74, 6) is 1.25. The first kappa shape index (κ1) is 17.1. The van der Waals surface area contributed by atoms with Gasteiger partial charge in [-0.05, 0) is 48.7 Å². The molecule has 1 N–H and O–H groups in total. The molecule has 132 valence electrons. The molecule has 0 fully saturated rings. The predicted molar refractivity (Wildman–Crippen MR) is 105 cm³/mol. The molecule has 8 heteroatoms. The van der Waals surface area contributed by atoms with Gasteiger partial charge in [-0.2, -0.15) is 4.98 Å². The Hall–Kier alpha value is -2.32. The number of fused-ring (bicyclic) bond motifs is 3. The van der Waals surface area contributed by atoms with Gasteiger partial charge in [0.15, 0.2) is 11.9 Å². The van der Waals surface area contributed by atoms with E-state index >= 15 is 0 Å². The number of ether oxygens (including phenoxy) is 2. The number of thioether (sulfide) groups is 1. The molecule has 4 rings (SSSR count). The number of hydrogen-bond donors (Lipinski definition) is 1. The van der Waals surface area contributed by atoms with Crippen LogP contribution in [0.5, 0.6) is 11.6 Å². The van der Waals surface area contributed by atoms with Gasteiger partial charge in [0, 0.05) is 21.3 Å². The van der Waals surface area contributed by atoms with Gasteiger partial charge in [0.05, 0.1) is 7.11 Å². The van der Waals surface area contributed by atoms with E-state index in [1.54, 1.807) is 7.11 Å². The second-order valence-electron chi connectivity index (χ2n) is 5.56. The quantitative estimate of drug-likeness (QED) is 0.611. The lowest BCUT2D eigenvalue weighted by Crippen LogP contribution is -2.17. The Morgan fingerprint density at radius 3 is 2.69 bits per heavy atom. The number of nitrogens with zero attached hydrogens (tertiary/aromatic N) is 3. The molecule has 0 saturated heterocycles. The number of hydrogen-bond acceptors (Lipinski definition) is 7. The average molecular weight is 431 g/mol. The Morgan fingerprint density at radius 2 is 1.96 bits per heavy atom. The summed E-state index contributed by atoms with van der Waals surface area (Å²) in [6.45, 7) is 0. The number of rotatable bonds is 3. The summed E-state index contributed by atoms with van der Waals surface area (Å²) in [6, 6.07) is 13.7. The van der Waals surface area contributed by atoms with Crippen molar-refractivity contribution in [2.75, 3.05) is 18.7 Å². The van der Waals surface area contributed by atoms with Crippen LogP contribution in [0, 0.1) is 0 Å². The molecule has 3 aromatic rings. The van der Waals surface area contributed by atoms with Crippen molar-refractivity contribution in [1.29, 1.82) is 0 Å². The Labute approximate surface area is 163 Å². The molecule has 0 unspecified atom stereocenters. The summed E-state index contributed by atoms with van der Waals surface area (Å²) in [5.41, 5.74) is 3.36. The number of nitrogens with one attached hydrogen (secondary N) is 1.